The number of nitrogens with one attached hydrogen (secondary N) is 1. The number of Topliss-reactive ketones (excluding diaryl/α,β-unsaturated/α-hetero) is 1. The molecular weight excluding hydrogens is 410 g/mol. The molecule has 4 rings (SSSR count). The van der Waals surface area contributed by atoms with Crippen LogP contribution < -0.4 is 15.1 Å². The molecule has 0 aromatic heterocycles. The first-order valence-corrected chi connectivity index (χ1v) is 12.1. The van der Waals surface area contributed by atoms with Crippen LogP contribution in [0.4, 0.5) is 17.1 Å². The molecule has 0 saturated carbocycles. The third-order valence-corrected chi connectivity index (χ3v) is 6.83. The molecule has 174 valence electrons. The lowest BCUT2D eigenvalue weighted by atomic mass is 9.72. The van der Waals surface area contributed by atoms with Gasteiger partial charge in [-0.25, -0.2) is 0 Å². The fourth-order valence-electron chi connectivity index (χ4n) is 5.27. The van der Waals surface area contributed by atoms with Crippen molar-refractivity contribution in [2.45, 2.75) is 53.5 Å². The number of benzene rings is 2. The number of anilines is 3. The first kappa shape index (κ1) is 23.1. The van der Waals surface area contributed by atoms with Gasteiger partial charge in [-0.3, -0.25) is 9.59 Å². The lowest BCUT2D eigenvalue weighted by Crippen LogP contribution is -2.43. The second-order valence-electron chi connectivity index (χ2n) is 9.68. The first-order valence-electron chi connectivity index (χ1n) is 12.1. The molecule has 1 aliphatic heterocycles. The summed E-state index contributed by atoms with van der Waals surface area (Å²) in [4.78, 5) is 31.2. The van der Waals surface area contributed by atoms with E-state index in [-0.39, 0.29) is 17.1 Å². The fourth-order valence-corrected chi connectivity index (χ4v) is 5.27. The zero-order chi connectivity index (χ0) is 23.8. The smallest absolute Gasteiger partial charge is 0.227 e. The van der Waals surface area contributed by atoms with Gasteiger partial charge in [-0.05, 0) is 49.1 Å². The number of fused-ring (bicyclic) bond motifs is 2. The third kappa shape index (κ3) is 4.29. The molecule has 0 bridgehead atoms. The van der Waals surface area contributed by atoms with Gasteiger partial charge in [0.05, 0.1) is 23.3 Å². The lowest BCUT2D eigenvalue weighted by molar-refractivity contribution is -0.125. The number of rotatable bonds is 5. The summed E-state index contributed by atoms with van der Waals surface area (Å²) in [7, 11) is 0. The van der Waals surface area contributed by atoms with Crippen LogP contribution in [0.1, 0.15) is 59.1 Å². The summed E-state index contributed by atoms with van der Waals surface area (Å²) < 4.78 is 0. The highest BCUT2D eigenvalue weighted by atomic mass is 16.2. The number of hydrogen-bond donors (Lipinski definition) is 1. The Kier molecular flexibility index (Phi) is 6.33. The minimum atomic E-state index is -0.430. The van der Waals surface area contributed by atoms with E-state index in [9.17, 15) is 9.59 Å². The summed E-state index contributed by atoms with van der Waals surface area (Å²) in [6.45, 7) is 12.2. The molecule has 5 heteroatoms. The standard InChI is InChI=1S/C28H35N3O2/c1-6-25(33)31-23-12-10-9-11-21(23)29-22-17-28(4,5)18-24(32)26(22)27(31)19-13-15-20(16-14-19)30(7-2)8-3/h9-17,26-27,29H,6-8,18H2,1-5H3. The van der Waals surface area contributed by atoms with E-state index in [1.807, 2.05) is 36.1 Å². The quantitative estimate of drug-likeness (QED) is 0.619. The van der Waals surface area contributed by atoms with Crippen molar-refractivity contribution >= 4 is 28.8 Å². The van der Waals surface area contributed by atoms with Gasteiger partial charge in [-0.2, -0.15) is 0 Å². The number of para-hydroxylation sites is 2. The van der Waals surface area contributed by atoms with Crippen LogP contribution in [0, 0.1) is 11.3 Å². The molecule has 1 aliphatic carbocycles. The number of ketones is 1. The Labute approximate surface area is 197 Å². The Balaban J connectivity index is 1.92. The van der Waals surface area contributed by atoms with Crippen molar-refractivity contribution in [2.24, 2.45) is 11.3 Å². The molecule has 1 N–H and O–H groups in total. The number of hydrogen-bond acceptors (Lipinski definition) is 4. The van der Waals surface area contributed by atoms with Gasteiger partial charge in [-0.1, -0.05) is 51.1 Å². The Morgan fingerprint density at radius 3 is 2.36 bits per heavy atom. The van der Waals surface area contributed by atoms with Crippen molar-refractivity contribution in [1.29, 1.82) is 0 Å². The molecule has 0 spiro atoms. The number of carbonyl (C=O) groups is 2. The van der Waals surface area contributed by atoms with E-state index in [1.165, 1.54) is 0 Å². The summed E-state index contributed by atoms with van der Waals surface area (Å²) >= 11 is 0. The van der Waals surface area contributed by atoms with E-state index < -0.39 is 12.0 Å². The molecule has 2 atom stereocenters. The van der Waals surface area contributed by atoms with Gasteiger partial charge in [0.2, 0.25) is 5.91 Å². The maximum absolute atomic E-state index is 13.6. The van der Waals surface area contributed by atoms with Gasteiger partial charge in [0.15, 0.2) is 0 Å². The Hall–Kier alpha value is -3.08. The third-order valence-electron chi connectivity index (χ3n) is 6.83. The van der Waals surface area contributed by atoms with Gasteiger partial charge in [0.1, 0.15) is 5.78 Å². The molecule has 0 saturated heterocycles. The molecule has 1 amide bonds. The summed E-state index contributed by atoms with van der Waals surface area (Å²) in [5, 5.41) is 3.54. The van der Waals surface area contributed by atoms with Crippen molar-refractivity contribution in [2.75, 3.05) is 28.2 Å². The first-order chi connectivity index (χ1) is 15.8. The predicted octanol–water partition coefficient (Wildman–Crippen LogP) is 5.94. The molecule has 2 aliphatic rings. The predicted molar refractivity (Wildman–Crippen MR) is 136 cm³/mol. The van der Waals surface area contributed by atoms with Crippen molar-refractivity contribution in [1.82, 2.24) is 0 Å². The van der Waals surface area contributed by atoms with Crippen LogP contribution >= 0.6 is 0 Å². The number of nitrogens with zero attached hydrogens (tertiary/aromatic N) is 2. The van der Waals surface area contributed by atoms with Crippen molar-refractivity contribution < 1.29 is 9.59 Å². The fraction of sp³-hybridized carbons (Fsp3) is 0.429. The molecule has 2 aromatic carbocycles. The van der Waals surface area contributed by atoms with Crippen LogP contribution in [0.2, 0.25) is 0 Å². The molecule has 0 radical (unpaired) electrons. The molecule has 2 unspecified atom stereocenters. The average Bonchev–Trinajstić information content (AvgIpc) is 2.93. The van der Waals surface area contributed by atoms with Crippen LogP contribution in [0.5, 0.6) is 0 Å². The second kappa shape index (κ2) is 9.05. The van der Waals surface area contributed by atoms with Gasteiger partial charge in [-0.15, -0.1) is 0 Å². The maximum Gasteiger partial charge on any atom is 0.227 e. The van der Waals surface area contributed by atoms with Crippen molar-refractivity contribution in [3.63, 3.8) is 0 Å². The van der Waals surface area contributed by atoms with E-state index in [1.54, 1.807) is 0 Å². The van der Waals surface area contributed by atoms with Gasteiger partial charge in [0.25, 0.3) is 0 Å². The summed E-state index contributed by atoms with van der Waals surface area (Å²) in [5.74, 6) is -0.245. The number of allylic oxidation sites excluding steroid dienone is 1. The van der Waals surface area contributed by atoms with Gasteiger partial charge >= 0.3 is 0 Å². The highest BCUT2D eigenvalue weighted by Crippen LogP contribution is 2.48. The van der Waals surface area contributed by atoms with E-state index in [2.05, 4.69) is 68.3 Å². The second-order valence-corrected chi connectivity index (χ2v) is 9.68. The highest BCUT2D eigenvalue weighted by Gasteiger charge is 2.45. The maximum atomic E-state index is 13.6. The largest absolute Gasteiger partial charge is 0.372 e. The number of amides is 1. The Bertz CT molecular complexity index is 1070. The SMILES string of the molecule is CCC(=O)N1c2ccccc2NC2=CC(C)(C)CC(=O)C2C1c1ccc(N(CC)CC)cc1. The summed E-state index contributed by atoms with van der Waals surface area (Å²) in [6.07, 6.45) is 3.02. The zero-order valence-corrected chi connectivity index (χ0v) is 20.4. The Morgan fingerprint density at radius 2 is 1.73 bits per heavy atom. The van der Waals surface area contributed by atoms with E-state index >= 15 is 0 Å². The van der Waals surface area contributed by atoms with Crippen molar-refractivity contribution in [3.05, 3.63) is 65.9 Å². The highest BCUT2D eigenvalue weighted by molar-refractivity contribution is 6.01. The molecular formula is C28H35N3O2. The zero-order valence-electron chi connectivity index (χ0n) is 20.4. The van der Waals surface area contributed by atoms with E-state index in [4.69, 9.17) is 0 Å². The van der Waals surface area contributed by atoms with E-state index in [0.29, 0.717) is 12.8 Å². The molecule has 0 fully saturated rings. The van der Waals surface area contributed by atoms with Crippen LogP contribution in [-0.4, -0.2) is 24.8 Å². The van der Waals surface area contributed by atoms with Gasteiger partial charge in [0, 0.05) is 37.3 Å². The minimum Gasteiger partial charge on any atom is -0.372 e. The summed E-state index contributed by atoms with van der Waals surface area (Å²) in [5.41, 5.74) is 4.48. The molecule has 5 nitrogen and oxygen atoms in total. The molecule has 1 heterocycles. The topological polar surface area (TPSA) is 52.7 Å². The van der Waals surface area contributed by atoms with Gasteiger partial charge < -0.3 is 15.1 Å². The lowest BCUT2D eigenvalue weighted by Gasteiger charge is -2.39. The van der Waals surface area contributed by atoms with Crippen molar-refractivity contribution in [3.8, 4) is 0 Å². The molecule has 33 heavy (non-hydrogen) atoms. The van der Waals surface area contributed by atoms with Crippen LogP contribution in [0.3, 0.4) is 0 Å². The minimum absolute atomic E-state index is 0.0148. The summed E-state index contributed by atoms with van der Waals surface area (Å²) in [6, 6.07) is 15.9. The molecule has 2 aromatic rings. The van der Waals surface area contributed by atoms with Crippen LogP contribution in [-0.2, 0) is 9.59 Å². The van der Waals surface area contributed by atoms with E-state index in [0.717, 1.165) is 41.4 Å². The monoisotopic (exact) mass is 445 g/mol. The Morgan fingerprint density at radius 1 is 1.06 bits per heavy atom. The number of carbonyl (C=O) groups excluding carboxylic acids is 2. The van der Waals surface area contributed by atoms with Crippen LogP contribution in [0.25, 0.3) is 0 Å². The normalized spacial score (nSPS) is 21.3. The average molecular weight is 446 g/mol. The van der Waals surface area contributed by atoms with Crippen LogP contribution in [0.15, 0.2) is 60.3 Å².